The first-order chi connectivity index (χ1) is 12.0. The van der Waals surface area contributed by atoms with Gasteiger partial charge in [-0.05, 0) is 18.2 Å². The number of hydrazine groups is 1. The van der Waals surface area contributed by atoms with Gasteiger partial charge in [-0.15, -0.1) is 5.10 Å². The van der Waals surface area contributed by atoms with Gasteiger partial charge in [0.1, 0.15) is 10.6 Å². The zero-order valence-corrected chi connectivity index (χ0v) is 12.5. The van der Waals surface area contributed by atoms with Crippen molar-refractivity contribution in [3.05, 3.63) is 64.1 Å². The van der Waals surface area contributed by atoms with Crippen molar-refractivity contribution in [1.82, 2.24) is 14.9 Å². The minimum absolute atomic E-state index is 0.00484. The molecule has 1 amide bonds. The predicted molar refractivity (Wildman–Crippen MR) is 82.9 cm³/mol. The number of nitrogens with zero attached hydrogens (tertiary/aromatic N) is 5. The summed E-state index contributed by atoms with van der Waals surface area (Å²) < 4.78 is 5.02. The van der Waals surface area contributed by atoms with Gasteiger partial charge in [0, 0.05) is 12.4 Å². The van der Waals surface area contributed by atoms with Crippen molar-refractivity contribution in [3.63, 3.8) is 0 Å². The number of carbonyl (C=O) groups excluding carboxylic acids is 2. The van der Waals surface area contributed by atoms with Crippen LogP contribution in [0.2, 0.25) is 0 Å². The van der Waals surface area contributed by atoms with Crippen LogP contribution in [0.25, 0.3) is 11.5 Å². The van der Waals surface area contributed by atoms with Gasteiger partial charge in [0.15, 0.2) is 12.0 Å². The van der Waals surface area contributed by atoms with Crippen LogP contribution in [0.4, 0.5) is 5.88 Å². The SMILES string of the molecule is NN(C(=O)c1cccnc1)n1cc(C=O)c(-c2ccc([N+](=O)[O-])o2)n1. The summed E-state index contributed by atoms with van der Waals surface area (Å²) in [4.78, 5) is 38.2. The average Bonchev–Trinajstić information content (AvgIpc) is 3.27. The number of rotatable bonds is 5. The smallest absolute Gasteiger partial charge is 0.399 e. The van der Waals surface area contributed by atoms with Gasteiger partial charge in [0.25, 0.3) is 5.91 Å². The standard InChI is InChI=1S/C14H10N6O5/c15-19(14(22)9-2-1-5-16-6-9)18-7-10(8-21)13(17-18)11-3-4-12(25-11)20(23)24/h1-8H,15H2. The van der Waals surface area contributed by atoms with Crippen molar-refractivity contribution < 1.29 is 18.9 Å². The first kappa shape index (κ1) is 16.0. The maximum atomic E-state index is 12.3. The molecule has 0 aliphatic heterocycles. The predicted octanol–water partition coefficient (Wildman–Crippen LogP) is 0.911. The van der Waals surface area contributed by atoms with Gasteiger partial charge in [-0.3, -0.25) is 24.7 Å². The van der Waals surface area contributed by atoms with Gasteiger partial charge in [-0.25, -0.2) is 5.84 Å². The highest BCUT2D eigenvalue weighted by Crippen LogP contribution is 2.26. The van der Waals surface area contributed by atoms with Gasteiger partial charge in [-0.2, -0.15) is 9.91 Å². The fourth-order valence-electron chi connectivity index (χ4n) is 2.03. The fourth-order valence-corrected chi connectivity index (χ4v) is 2.03. The largest absolute Gasteiger partial charge is 0.433 e. The van der Waals surface area contributed by atoms with E-state index < -0.39 is 16.7 Å². The van der Waals surface area contributed by atoms with Crippen LogP contribution in [0, 0.1) is 10.1 Å². The van der Waals surface area contributed by atoms with Crippen molar-refractivity contribution in [2.75, 3.05) is 5.12 Å². The summed E-state index contributed by atoms with van der Waals surface area (Å²) in [5.74, 6) is 4.61. The Labute approximate surface area is 139 Å². The highest BCUT2D eigenvalue weighted by molar-refractivity contribution is 6.00. The lowest BCUT2D eigenvalue weighted by atomic mass is 10.2. The van der Waals surface area contributed by atoms with Gasteiger partial charge >= 0.3 is 5.88 Å². The zero-order chi connectivity index (χ0) is 18.0. The molecule has 0 fully saturated rings. The second kappa shape index (κ2) is 6.33. The third-order valence-electron chi connectivity index (χ3n) is 3.20. The molecule has 2 N–H and O–H groups in total. The average molecular weight is 342 g/mol. The van der Waals surface area contributed by atoms with E-state index in [2.05, 4.69) is 10.1 Å². The normalized spacial score (nSPS) is 10.4. The van der Waals surface area contributed by atoms with E-state index in [9.17, 15) is 19.7 Å². The molecule has 0 atom stereocenters. The number of aromatic nitrogens is 3. The molecule has 0 radical (unpaired) electrons. The molecule has 0 spiro atoms. The first-order valence-electron chi connectivity index (χ1n) is 6.80. The second-order valence-electron chi connectivity index (χ2n) is 4.76. The van der Waals surface area contributed by atoms with Crippen LogP contribution in [-0.4, -0.2) is 32.0 Å². The third kappa shape index (κ3) is 2.98. The highest BCUT2D eigenvalue weighted by atomic mass is 16.6. The fraction of sp³-hybridized carbons (Fsp3) is 0. The third-order valence-corrected chi connectivity index (χ3v) is 3.20. The summed E-state index contributed by atoms with van der Waals surface area (Å²) in [6.07, 6.45) is 4.49. The monoisotopic (exact) mass is 342 g/mol. The summed E-state index contributed by atoms with van der Waals surface area (Å²) >= 11 is 0. The molecule has 3 rings (SSSR count). The van der Waals surface area contributed by atoms with E-state index in [1.54, 1.807) is 6.07 Å². The Hall–Kier alpha value is -3.86. The Morgan fingerprint density at radius 3 is 2.80 bits per heavy atom. The van der Waals surface area contributed by atoms with Gasteiger partial charge in [0.2, 0.25) is 0 Å². The summed E-state index contributed by atoms with van der Waals surface area (Å²) in [7, 11) is 0. The number of carbonyl (C=O) groups is 2. The molecule has 3 aromatic heterocycles. The number of hydrogen-bond donors (Lipinski definition) is 1. The van der Waals surface area contributed by atoms with Crippen LogP contribution in [-0.2, 0) is 0 Å². The number of aldehydes is 1. The number of nitro groups is 1. The highest BCUT2D eigenvalue weighted by Gasteiger charge is 2.22. The van der Waals surface area contributed by atoms with Crippen molar-refractivity contribution >= 4 is 18.1 Å². The molecule has 0 saturated carbocycles. The summed E-state index contributed by atoms with van der Waals surface area (Å²) in [5, 5.41) is 15.4. The molecule has 0 unspecified atom stereocenters. The molecule has 126 valence electrons. The molecule has 0 aliphatic rings. The maximum Gasteiger partial charge on any atom is 0.433 e. The molecule has 3 heterocycles. The van der Waals surface area contributed by atoms with Crippen LogP contribution in [0.3, 0.4) is 0 Å². The molecule has 25 heavy (non-hydrogen) atoms. The Morgan fingerprint density at radius 1 is 1.40 bits per heavy atom. The van der Waals surface area contributed by atoms with Crippen LogP contribution in [0.15, 0.2) is 47.3 Å². The Morgan fingerprint density at radius 2 is 2.20 bits per heavy atom. The number of nitrogens with two attached hydrogens (primary N) is 1. The summed E-state index contributed by atoms with van der Waals surface area (Å²) in [6.45, 7) is 0. The number of hydrogen-bond acceptors (Lipinski definition) is 8. The van der Waals surface area contributed by atoms with Crippen LogP contribution in [0.1, 0.15) is 20.7 Å². The lowest BCUT2D eigenvalue weighted by Gasteiger charge is -2.15. The second-order valence-corrected chi connectivity index (χ2v) is 4.76. The quantitative estimate of drug-likeness (QED) is 0.236. The minimum Gasteiger partial charge on any atom is -0.399 e. The molecule has 11 nitrogen and oxygen atoms in total. The lowest BCUT2D eigenvalue weighted by molar-refractivity contribution is -0.401. The van der Waals surface area contributed by atoms with Crippen LogP contribution < -0.4 is 11.0 Å². The van der Waals surface area contributed by atoms with E-state index in [1.165, 1.54) is 30.7 Å². The summed E-state index contributed by atoms with van der Waals surface area (Å²) in [5.41, 5.74) is 0.263. The Balaban J connectivity index is 1.96. The van der Waals surface area contributed by atoms with Gasteiger partial charge in [-0.1, -0.05) is 0 Å². The van der Waals surface area contributed by atoms with E-state index in [4.69, 9.17) is 10.3 Å². The van der Waals surface area contributed by atoms with E-state index in [0.717, 1.165) is 10.9 Å². The van der Waals surface area contributed by atoms with Crippen molar-refractivity contribution in [1.29, 1.82) is 0 Å². The van der Waals surface area contributed by atoms with E-state index in [0.29, 0.717) is 11.4 Å². The molecular weight excluding hydrogens is 332 g/mol. The van der Waals surface area contributed by atoms with Crippen LogP contribution >= 0.6 is 0 Å². The number of furan rings is 1. The van der Waals surface area contributed by atoms with Gasteiger partial charge in [0.05, 0.1) is 23.4 Å². The number of pyridine rings is 1. The van der Waals surface area contributed by atoms with Crippen molar-refractivity contribution in [2.24, 2.45) is 5.84 Å². The molecule has 3 aromatic rings. The Bertz CT molecular complexity index is 948. The minimum atomic E-state index is -0.720. The molecule has 0 aromatic carbocycles. The van der Waals surface area contributed by atoms with E-state index >= 15 is 0 Å². The van der Waals surface area contributed by atoms with E-state index in [1.807, 2.05) is 0 Å². The molecule has 11 heteroatoms. The molecule has 0 bridgehead atoms. The van der Waals surface area contributed by atoms with E-state index in [-0.39, 0.29) is 22.6 Å². The molecule has 0 aliphatic carbocycles. The van der Waals surface area contributed by atoms with Crippen molar-refractivity contribution in [3.8, 4) is 11.5 Å². The lowest BCUT2D eigenvalue weighted by Crippen LogP contribution is -2.46. The summed E-state index contributed by atoms with van der Waals surface area (Å²) in [6, 6.07) is 5.50. The first-order valence-corrected chi connectivity index (χ1v) is 6.80. The number of amides is 1. The van der Waals surface area contributed by atoms with Crippen LogP contribution in [0.5, 0.6) is 0 Å². The molecule has 0 saturated heterocycles. The van der Waals surface area contributed by atoms with Crippen molar-refractivity contribution in [2.45, 2.75) is 0 Å². The van der Waals surface area contributed by atoms with Gasteiger partial charge < -0.3 is 4.42 Å². The Kier molecular flexibility index (Phi) is 4.05. The maximum absolute atomic E-state index is 12.3. The molecular formula is C14H10N6O5. The zero-order valence-electron chi connectivity index (χ0n) is 12.5. The topological polar surface area (TPSA) is 150 Å².